The average Bonchev–Trinajstić information content (AvgIpc) is 2.28. The molecule has 92 valence electrons. The van der Waals surface area contributed by atoms with Crippen LogP contribution in [0, 0.1) is 0 Å². The zero-order valence-corrected chi connectivity index (χ0v) is 10.6. The van der Waals surface area contributed by atoms with E-state index in [1.807, 2.05) is 51.1 Å². The second-order valence-corrected chi connectivity index (χ2v) is 4.77. The van der Waals surface area contributed by atoms with Gasteiger partial charge in [0.15, 0.2) is 0 Å². The second kappa shape index (κ2) is 5.64. The molecule has 3 heteroatoms. The summed E-state index contributed by atoms with van der Waals surface area (Å²) in [6.45, 7) is 9.60. The number of hydrogen-bond acceptors (Lipinski definition) is 2. The van der Waals surface area contributed by atoms with Gasteiger partial charge in [0.2, 0.25) is 0 Å². The van der Waals surface area contributed by atoms with Crippen LogP contribution in [0.1, 0.15) is 26.3 Å². The van der Waals surface area contributed by atoms with Gasteiger partial charge >= 0.3 is 0 Å². The molecule has 3 nitrogen and oxygen atoms in total. The van der Waals surface area contributed by atoms with Gasteiger partial charge in [-0.15, -0.1) is 0 Å². The second-order valence-electron chi connectivity index (χ2n) is 4.77. The van der Waals surface area contributed by atoms with Crippen molar-refractivity contribution in [3.63, 3.8) is 0 Å². The number of benzene rings is 1. The molecule has 0 radical (unpaired) electrons. The topological polar surface area (TPSA) is 29.5 Å². The Morgan fingerprint density at radius 3 is 2.41 bits per heavy atom. The summed E-state index contributed by atoms with van der Waals surface area (Å²) in [4.78, 5) is 17.2. The van der Waals surface area contributed by atoms with Crippen LogP contribution in [0.2, 0.25) is 0 Å². The Morgan fingerprint density at radius 2 is 1.94 bits per heavy atom. The van der Waals surface area contributed by atoms with E-state index < -0.39 is 0 Å². The van der Waals surface area contributed by atoms with Gasteiger partial charge in [0, 0.05) is 0 Å². The zero-order valence-electron chi connectivity index (χ0n) is 10.6. The number of carbonyl (C=O) groups excluding carboxylic acids is 1. The van der Waals surface area contributed by atoms with Crippen molar-refractivity contribution in [2.45, 2.75) is 32.9 Å². The molecule has 0 saturated carbocycles. The number of nitrogens with zero attached hydrogens (tertiary/aromatic N) is 1. The maximum absolute atomic E-state index is 11.7. The quantitative estimate of drug-likeness (QED) is 0.591. The van der Waals surface area contributed by atoms with Crippen molar-refractivity contribution in [3.8, 4) is 0 Å². The zero-order chi connectivity index (χ0) is 12.9. The molecular formula is C14H19NO2. The number of rotatable bonds is 4. The molecular weight excluding hydrogens is 214 g/mol. The number of hydrogen-bond donors (Lipinski definition) is 0. The third-order valence-electron chi connectivity index (χ3n) is 2.19. The fourth-order valence-corrected chi connectivity index (χ4v) is 1.38. The highest BCUT2D eigenvalue weighted by molar-refractivity contribution is 5.86. The first-order chi connectivity index (χ1) is 7.95. The van der Waals surface area contributed by atoms with Crippen LogP contribution < -0.4 is 0 Å². The molecule has 0 N–H and O–H groups in total. The maximum Gasteiger partial charge on any atom is 0.270 e. The number of hydroxylamine groups is 2. The summed E-state index contributed by atoms with van der Waals surface area (Å²) in [5.41, 5.74) is 0.638. The molecule has 0 aliphatic carbocycles. The molecule has 1 rings (SSSR count). The van der Waals surface area contributed by atoms with Crippen LogP contribution in [0.5, 0.6) is 0 Å². The lowest BCUT2D eigenvalue weighted by atomic mass is 10.1. The van der Waals surface area contributed by atoms with Crippen LogP contribution in [0.15, 0.2) is 43.0 Å². The van der Waals surface area contributed by atoms with Gasteiger partial charge in [-0.05, 0) is 32.4 Å². The van der Waals surface area contributed by atoms with Gasteiger partial charge < -0.3 is 0 Å². The molecule has 0 aromatic heterocycles. The predicted octanol–water partition coefficient (Wildman–Crippen LogP) is 2.93. The van der Waals surface area contributed by atoms with E-state index in [0.29, 0.717) is 6.61 Å². The van der Waals surface area contributed by atoms with Crippen molar-refractivity contribution in [2.75, 3.05) is 0 Å². The highest BCUT2D eigenvalue weighted by Crippen LogP contribution is 2.16. The first-order valence-electron chi connectivity index (χ1n) is 5.58. The molecule has 0 aliphatic heterocycles. The van der Waals surface area contributed by atoms with Crippen LogP contribution in [0.3, 0.4) is 0 Å². The molecule has 0 unspecified atom stereocenters. The Morgan fingerprint density at radius 1 is 1.35 bits per heavy atom. The largest absolute Gasteiger partial charge is 0.270 e. The minimum atomic E-state index is -0.389. The summed E-state index contributed by atoms with van der Waals surface area (Å²) >= 11 is 0. The maximum atomic E-state index is 11.7. The van der Waals surface area contributed by atoms with Gasteiger partial charge in [-0.3, -0.25) is 9.63 Å². The molecule has 1 aromatic carbocycles. The van der Waals surface area contributed by atoms with Crippen LogP contribution in [0.25, 0.3) is 0 Å². The summed E-state index contributed by atoms with van der Waals surface area (Å²) in [6, 6.07) is 9.74. The Kier molecular flexibility index (Phi) is 4.46. The van der Waals surface area contributed by atoms with Gasteiger partial charge in [0.05, 0.1) is 5.54 Å². The SMILES string of the molecule is C=CC(=O)N(OCc1ccccc1)C(C)(C)C. The molecule has 1 amide bonds. The van der Waals surface area contributed by atoms with Crippen LogP contribution in [0.4, 0.5) is 0 Å². The van der Waals surface area contributed by atoms with Crippen molar-refractivity contribution in [2.24, 2.45) is 0 Å². The molecule has 0 heterocycles. The van der Waals surface area contributed by atoms with Crippen LogP contribution in [-0.4, -0.2) is 16.5 Å². The van der Waals surface area contributed by atoms with E-state index in [-0.39, 0.29) is 11.4 Å². The van der Waals surface area contributed by atoms with Gasteiger partial charge in [-0.25, -0.2) is 5.06 Å². The molecule has 0 spiro atoms. The molecule has 0 bridgehead atoms. The van der Waals surface area contributed by atoms with E-state index >= 15 is 0 Å². The lowest BCUT2D eigenvalue weighted by molar-refractivity contribution is -0.215. The monoisotopic (exact) mass is 233 g/mol. The van der Waals surface area contributed by atoms with E-state index in [9.17, 15) is 4.79 Å². The van der Waals surface area contributed by atoms with E-state index in [1.165, 1.54) is 11.1 Å². The summed E-state index contributed by atoms with van der Waals surface area (Å²) in [6.07, 6.45) is 1.26. The highest BCUT2D eigenvalue weighted by atomic mass is 16.7. The van der Waals surface area contributed by atoms with Crippen molar-refractivity contribution < 1.29 is 9.63 Å². The van der Waals surface area contributed by atoms with Gasteiger partial charge in [-0.2, -0.15) is 0 Å². The van der Waals surface area contributed by atoms with E-state index in [2.05, 4.69) is 6.58 Å². The first-order valence-corrected chi connectivity index (χ1v) is 5.58. The summed E-state index contributed by atoms with van der Waals surface area (Å²) in [5, 5.41) is 1.35. The smallest absolute Gasteiger partial charge is 0.267 e. The van der Waals surface area contributed by atoms with Gasteiger partial charge in [0.1, 0.15) is 6.61 Å². The Balaban J connectivity index is 2.69. The first kappa shape index (κ1) is 13.5. The Labute approximate surface area is 103 Å². The Bertz CT molecular complexity index is 379. The normalized spacial score (nSPS) is 11.0. The lowest BCUT2D eigenvalue weighted by Crippen LogP contribution is -2.44. The minimum Gasteiger partial charge on any atom is -0.267 e. The van der Waals surface area contributed by atoms with Crippen molar-refractivity contribution >= 4 is 5.91 Å². The summed E-state index contributed by atoms with van der Waals surface area (Å²) < 4.78 is 0. The highest BCUT2D eigenvalue weighted by Gasteiger charge is 2.25. The molecule has 0 atom stereocenters. The fourth-order valence-electron chi connectivity index (χ4n) is 1.38. The van der Waals surface area contributed by atoms with E-state index in [0.717, 1.165) is 5.56 Å². The molecule has 17 heavy (non-hydrogen) atoms. The minimum absolute atomic E-state index is 0.228. The number of carbonyl (C=O) groups is 1. The third kappa shape index (κ3) is 4.04. The van der Waals surface area contributed by atoms with E-state index in [4.69, 9.17) is 4.84 Å². The number of amides is 1. The lowest BCUT2D eigenvalue weighted by Gasteiger charge is -2.33. The summed E-state index contributed by atoms with van der Waals surface area (Å²) in [5.74, 6) is -0.228. The fraction of sp³-hybridized carbons (Fsp3) is 0.357. The van der Waals surface area contributed by atoms with E-state index in [1.54, 1.807) is 0 Å². The Hall–Kier alpha value is -1.61. The van der Waals surface area contributed by atoms with Crippen LogP contribution >= 0.6 is 0 Å². The summed E-state index contributed by atoms with van der Waals surface area (Å²) in [7, 11) is 0. The van der Waals surface area contributed by atoms with Gasteiger partial charge in [-0.1, -0.05) is 36.9 Å². The molecule has 0 fully saturated rings. The van der Waals surface area contributed by atoms with Crippen LogP contribution in [-0.2, 0) is 16.2 Å². The molecule has 0 saturated heterocycles. The van der Waals surface area contributed by atoms with Gasteiger partial charge in [0.25, 0.3) is 5.91 Å². The standard InChI is InChI=1S/C14H19NO2/c1-5-13(16)15(14(2,3)4)17-11-12-9-7-6-8-10-12/h5-10H,1,11H2,2-4H3. The van der Waals surface area contributed by atoms with Crippen molar-refractivity contribution in [3.05, 3.63) is 48.6 Å². The average molecular weight is 233 g/mol. The molecule has 1 aromatic rings. The predicted molar refractivity (Wildman–Crippen MR) is 68.0 cm³/mol. The van der Waals surface area contributed by atoms with Crippen molar-refractivity contribution in [1.29, 1.82) is 0 Å². The van der Waals surface area contributed by atoms with Crippen molar-refractivity contribution in [1.82, 2.24) is 5.06 Å². The molecule has 0 aliphatic rings. The third-order valence-corrected chi connectivity index (χ3v) is 2.19.